The van der Waals surface area contributed by atoms with E-state index >= 15 is 0 Å². The Morgan fingerprint density at radius 2 is 2.04 bits per heavy atom. The van der Waals surface area contributed by atoms with Crippen molar-refractivity contribution in [3.8, 4) is 5.88 Å². The molecule has 1 heterocycles. The lowest BCUT2D eigenvalue weighted by molar-refractivity contribution is -0.154. The van der Waals surface area contributed by atoms with Crippen molar-refractivity contribution in [3.63, 3.8) is 0 Å². The number of alkyl halides is 3. The zero-order valence-corrected chi connectivity index (χ0v) is 12.7. The zero-order chi connectivity index (χ0) is 17.6. The van der Waals surface area contributed by atoms with Crippen molar-refractivity contribution in [1.29, 1.82) is 0 Å². The number of ether oxygens (including phenoxy) is 1. The monoisotopic (exact) mass is 346 g/mol. The summed E-state index contributed by atoms with van der Waals surface area (Å²) in [6.45, 7) is -1.52. The second kappa shape index (κ2) is 7.84. The van der Waals surface area contributed by atoms with Gasteiger partial charge in [-0.05, 0) is 24.5 Å². The van der Waals surface area contributed by atoms with E-state index in [-0.39, 0.29) is 30.9 Å². The van der Waals surface area contributed by atoms with Crippen molar-refractivity contribution < 1.29 is 27.5 Å². The van der Waals surface area contributed by atoms with Gasteiger partial charge in [0.05, 0.1) is 6.54 Å². The van der Waals surface area contributed by atoms with Crippen LogP contribution in [0, 0.1) is 0 Å². The van der Waals surface area contributed by atoms with Gasteiger partial charge in [0, 0.05) is 24.8 Å². The summed E-state index contributed by atoms with van der Waals surface area (Å²) in [7, 11) is 0. The molecule has 0 aromatic carbocycles. The van der Waals surface area contributed by atoms with Gasteiger partial charge in [0.15, 0.2) is 6.61 Å². The number of nitrogens with zero attached hydrogens (tertiary/aromatic N) is 1. The molecule has 0 radical (unpaired) electrons. The molecular formula is C14H17F3N4O3. The SMILES string of the molecule is O=C(CNC(=O)NCc1ccnc(OCC(F)(F)F)c1)NC1CC1. The third kappa shape index (κ3) is 7.16. The molecule has 0 bridgehead atoms. The number of halogens is 3. The van der Waals surface area contributed by atoms with Crippen LogP contribution in [0.5, 0.6) is 5.88 Å². The summed E-state index contributed by atoms with van der Waals surface area (Å²) in [6, 6.07) is 2.48. The van der Waals surface area contributed by atoms with Crippen molar-refractivity contribution in [2.24, 2.45) is 0 Å². The number of hydrogen-bond acceptors (Lipinski definition) is 4. The predicted molar refractivity (Wildman–Crippen MR) is 77.2 cm³/mol. The van der Waals surface area contributed by atoms with Crippen LogP contribution in [0.25, 0.3) is 0 Å². The van der Waals surface area contributed by atoms with Crippen molar-refractivity contribution in [2.75, 3.05) is 13.2 Å². The molecule has 132 valence electrons. The van der Waals surface area contributed by atoms with Crippen LogP contribution in [0.15, 0.2) is 18.3 Å². The van der Waals surface area contributed by atoms with Crippen LogP contribution >= 0.6 is 0 Å². The molecule has 7 nitrogen and oxygen atoms in total. The van der Waals surface area contributed by atoms with E-state index in [1.54, 1.807) is 0 Å². The third-order valence-electron chi connectivity index (χ3n) is 2.99. The molecule has 10 heteroatoms. The number of rotatable bonds is 7. The topological polar surface area (TPSA) is 92.4 Å². The first-order chi connectivity index (χ1) is 11.3. The number of carbonyl (C=O) groups is 2. The van der Waals surface area contributed by atoms with Crippen LogP contribution in [0.2, 0.25) is 0 Å². The van der Waals surface area contributed by atoms with E-state index in [9.17, 15) is 22.8 Å². The average molecular weight is 346 g/mol. The molecule has 1 fully saturated rings. The molecule has 1 aliphatic rings. The molecule has 0 spiro atoms. The molecule has 0 atom stereocenters. The van der Waals surface area contributed by atoms with E-state index in [1.807, 2.05) is 0 Å². The highest BCUT2D eigenvalue weighted by Crippen LogP contribution is 2.18. The summed E-state index contributed by atoms with van der Waals surface area (Å²) in [4.78, 5) is 26.6. The average Bonchev–Trinajstić information content (AvgIpc) is 3.32. The first-order valence-corrected chi connectivity index (χ1v) is 7.27. The molecule has 0 unspecified atom stereocenters. The van der Waals surface area contributed by atoms with Gasteiger partial charge in [0.2, 0.25) is 11.8 Å². The molecule has 24 heavy (non-hydrogen) atoms. The maximum absolute atomic E-state index is 12.1. The fourth-order valence-electron chi connectivity index (χ4n) is 1.71. The first-order valence-electron chi connectivity index (χ1n) is 7.27. The number of nitrogens with one attached hydrogen (secondary N) is 3. The number of urea groups is 1. The van der Waals surface area contributed by atoms with Crippen LogP contribution in [0.1, 0.15) is 18.4 Å². The van der Waals surface area contributed by atoms with Crippen LogP contribution in [0.4, 0.5) is 18.0 Å². The van der Waals surface area contributed by atoms with Gasteiger partial charge in [-0.1, -0.05) is 0 Å². The Morgan fingerprint density at radius 3 is 2.71 bits per heavy atom. The molecule has 3 amide bonds. The largest absolute Gasteiger partial charge is 0.468 e. The van der Waals surface area contributed by atoms with Crippen LogP contribution in [-0.2, 0) is 11.3 Å². The quantitative estimate of drug-likeness (QED) is 0.689. The molecule has 1 saturated carbocycles. The highest BCUT2D eigenvalue weighted by atomic mass is 19.4. The van der Waals surface area contributed by atoms with Crippen molar-refractivity contribution in [1.82, 2.24) is 20.9 Å². The van der Waals surface area contributed by atoms with Gasteiger partial charge < -0.3 is 20.7 Å². The highest BCUT2D eigenvalue weighted by Gasteiger charge is 2.28. The van der Waals surface area contributed by atoms with E-state index in [2.05, 4.69) is 25.7 Å². The number of pyridine rings is 1. The van der Waals surface area contributed by atoms with E-state index in [4.69, 9.17) is 0 Å². The Kier molecular flexibility index (Phi) is 5.83. The molecule has 1 aromatic heterocycles. The number of amides is 3. The lowest BCUT2D eigenvalue weighted by Crippen LogP contribution is -2.42. The van der Waals surface area contributed by atoms with Gasteiger partial charge in [-0.15, -0.1) is 0 Å². The smallest absolute Gasteiger partial charge is 0.422 e. The summed E-state index contributed by atoms with van der Waals surface area (Å²) in [6.07, 6.45) is -1.25. The van der Waals surface area contributed by atoms with E-state index in [0.29, 0.717) is 5.56 Å². The van der Waals surface area contributed by atoms with Crippen LogP contribution < -0.4 is 20.7 Å². The van der Waals surface area contributed by atoms with Gasteiger partial charge in [-0.25, -0.2) is 9.78 Å². The van der Waals surface area contributed by atoms with E-state index in [1.165, 1.54) is 18.3 Å². The number of hydrogen-bond donors (Lipinski definition) is 3. The summed E-state index contributed by atoms with van der Waals surface area (Å²) in [5.74, 6) is -0.449. The number of carbonyl (C=O) groups excluding carboxylic acids is 2. The fraction of sp³-hybridized carbons (Fsp3) is 0.500. The minimum absolute atomic E-state index is 0.0565. The maximum atomic E-state index is 12.1. The minimum atomic E-state index is -4.45. The molecule has 3 N–H and O–H groups in total. The predicted octanol–water partition coefficient (Wildman–Crippen LogP) is 1.10. The Hall–Kier alpha value is -2.52. The molecule has 0 aliphatic heterocycles. The minimum Gasteiger partial charge on any atom is -0.468 e. The Balaban J connectivity index is 1.70. The van der Waals surface area contributed by atoms with Gasteiger partial charge in [-0.2, -0.15) is 13.2 Å². The normalized spacial score (nSPS) is 14.0. The molecular weight excluding hydrogens is 329 g/mol. The highest BCUT2D eigenvalue weighted by molar-refractivity contribution is 5.84. The van der Waals surface area contributed by atoms with E-state index < -0.39 is 18.8 Å². The summed E-state index contributed by atoms with van der Waals surface area (Å²) < 4.78 is 40.8. The standard InChI is InChI=1S/C14H17F3N4O3/c15-14(16,17)8-24-12-5-9(3-4-18-12)6-19-13(23)20-7-11(22)21-10-1-2-10/h3-5,10H,1-2,6-8H2,(H,21,22)(H2,19,20,23). The lowest BCUT2D eigenvalue weighted by Gasteiger charge is -2.10. The summed E-state index contributed by atoms with van der Waals surface area (Å²) in [5, 5.41) is 7.59. The Morgan fingerprint density at radius 1 is 1.29 bits per heavy atom. The van der Waals surface area contributed by atoms with E-state index in [0.717, 1.165) is 12.8 Å². The number of aromatic nitrogens is 1. The maximum Gasteiger partial charge on any atom is 0.422 e. The summed E-state index contributed by atoms with van der Waals surface area (Å²) >= 11 is 0. The Bertz CT molecular complexity index is 591. The molecule has 1 aliphatic carbocycles. The third-order valence-corrected chi connectivity index (χ3v) is 2.99. The fourth-order valence-corrected chi connectivity index (χ4v) is 1.71. The molecule has 2 rings (SSSR count). The molecule has 1 aromatic rings. The molecule has 0 saturated heterocycles. The second-order valence-corrected chi connectivity index (χ2v) is 5.28. The summed E-state index contributed by atoms with van der Waals surface area (Å²) in [5.41, 5.74) is 0.514. The van der Waals surface area contributed by atoms with Crippen LogP contribution in [-0.4, -0.2) is 42.3 Å². The van der Waals surface area contributed by atoms with Gasteiger partial charge in [-0.3, -0.25) is 4.79 Å². The first kappa shape index (κ1) is 17.8. The Labute approximate surface area is 136 Å². The second-order valence-electron chi connectivity index (χ2n) is 5.28. The van der Waals surface area contributed by atoms with Crippen molar-refractivity contribution >= 4 is 11.9 Å². The van der Waals surface area contributed by atoms with Gasteiger partial charge in [0.1, 0.15) is 0 Å². The lowest BCUT2D eigenvalue weighted by atomic mass is 10.2. The van der Waals surface area contributed by atoms with Gasteiger partial charge in [0.25, 0.3) is 0 Å². The van der Waals surface area contributed by atoms with Gasteiger partial charge >= 0.3 is 12.2 Å². The van der Waals surface area contributed by atoms with Crippen molar-refractivity contribution in [2.45, 2.75) is 31.6 Å². The van der Waals surface area contributed by atoms with Crippen molar-refractivity contribution in [3.05, 3.63) is 23.9 Å². The van der Waals surface area contributed by atoms with Crippen LogP contribution in [0.3, 0.4) is 0 Å². The zero-order valence-electron chi connectivity index (χ0n) is 12.7.